The number of aromatic nitrogens is 1. The van der Waals surface area contributed by atoms with Crippen LogP contribution in [-0.4, -0.2) is 28.4 Å². The number of hydrogen-bond donors (Lipinski definition) is 1. The zero-order valence-corrected chi connectivity index (χ0v) is 10.2. The smallest absolute Gasteiger partial charge is 0.319 e. The van der Waals surface area contributed by atoms with E-state index in [0.29, 0.717) is 12.5 Å². The van der Waals surface area contributed by atoms with E-state index in [-0.39, 0.29) is 11.9 Å². The first-order valence-electron chi connectivity index (χ1n) is 6.16. The van der Waals surface area contributed by atoms with E-state index < -0.39 is 5.54 Å². The highest BCUT2D eigenvalue weighted by atomic mass is 16.2. The molecule has 1 saturated carbocycles. The van der Waals surface area contributed by atoms with Gasteiger partial charge in [0.05, 0.1) is 0 Å². The molecule has 0 spiro atoms. The van der Waals surface area contributed by atoms with Gasteiger partial charge in [0.1, 0.15) is 5.54 Å². The first-order valence-corrected chi connectivity index (χ1v) is 6.16. The fraction of sp³-hybridized carbons (Fsp3) is 0.462. The SMILES string of the molecule is CC1(c2ccncc2)NC(=O)N(CC2CC2)C1=O. The Morgan fingerprint density at radius 1 is 1.39 bits per heavy atom. The van der Waals surface area contributed by atoms with Gasteiger partial charge in [0.2, 0.25) is 0 Å². The monoisotopic (exact) mass is 245 g/mol. The number of carbonyl (C=O) groups excluding carboxylic acids is 2. The Balaban J connectivity index is 1.89. The van der Waals surface area contributed by atoms with Crippen molar-refractivity contribution in [3.8, 4) is 0 Å². The van der Waals surface area contributed by atoms with Crippen LogP contribution in [0.2, 0.25) is 0 Å². The molecule has 1 unspecified atom stereocenters. The predicted octanol–water partition coefficient (Wildman–Crippen LogP) is 1.26. The normalized spacial score (nSPS) is 27.5. The Bertz CT molecular complexity index is 498. The molecule has 3 amide bonds. The summed E-state index contributed by atoms with van der Waals surface area (Å²) >= 11 is 0. The number of nitrogens with zero attached hydrogens (tertiary/aromatic N) is 2. The summed E-state index contributed by atoms with van der Waals surface area (Å²) in [7, 11) is 0. The zero-order chi connectivity index (χ0) is 12.8. The molecule has 5 nitrogen and oxygen atoms in total. The lowest BCUT2D eigenvalue weighted by molar-refractivity contribution is -0.131. The number of nitrogens with one attached hydrogen (secondary N) is 1. The summed E-state index contributed by atoms with van der Waals surface area (Å²) in [5, 5.41) is 2.79. The molecule has 3 rings (SSSR count). The van der Waals surface area contributed by atoms with Crippen LogP contribution in [0.3, 0.4) is 0 Å². The van der Waals surface area contributed by atoms with Crippen LogP contribution in [0.15, 0.2) is 24.5 Å². The number of hydrogen-bond acceptors (Lipinski definition) is 3. The third-order valence-corrected chi connectivity index (χ3v) is 3.67. The Labute approximate surface area is 105 Å². The molecular formula is C13H15N3O2. The molecule has 0 bridgehead atoms. The molecule has 2 fully saturated rings. The van der Waals surface area contributed by atoms with Crippen molar-refractivity contribution in [3.63, 3.8) is 0 Å². The van der Waals surface area contributed by atoms with Crippen molar-refractivity contribution in [1.29, 1.82) is 0 Å². The fourth-order valence-corrected chi connectivity index (χ4v) is 2.30. The van der Waals surface area contributed by atoms with Crippen LogP contribution in [0.1, 0.15) is 25.3 Å². The lowest BCUT2D eigenvalue weighted by Crippen LogP contribution is -2.41. The predicted molar refractivity (Wildman–Crippen MR) is 64.6 cm³/mol. The molecule has 1 aromatic heterocycles. The maximum Gasteiger partial charge on any atom is 0.325 e. The van der Waals surface area contributed by atoms with Gasteiger partial charge in [-0.2, -0.15) is 0 Å². The van der Waals surface area contributed by atoms with Crippen LogP contribution in [0, 0.1) is 5.92 Å². The van der Waals surface area contributed by atoms with E-state index >= 15 is 0 Å². The molecule has 94 valence electrons. The van der Waals surface area contributed by atoms with Crippen LogP contribution in [0.4, 0.5) is 4.79 Å². The van der Waals surface area contributed by atoms with E-state index in [1.54, 1.807) is 31.5 Å². The molecule has 18 heavy (non-hydrogen) atoms. The summed E-state index contributed by atoms with van der Waals surface area (Å²) in [6, 6.07) is 3.24. The van der Waals surface area contributed by atoms with Gasteiger partial charge in [-0.05, 0) is 43.4 Å². The van der Waals surface area contributed by atoms with E-state index in [4.69, 9.17) is 0 Å². The molecule has 1 aliphatic carbocycles. The second kappa shape index (κ2) is 3.80. The van der Waals surface area contributed by atoms with Gasteiger partial charge in [0, 0.05) is 18.9 Å². The fourth-order valence-electron chi connectivity index (χ4n) is 2.30. The zero-order valence-electron chi connectivity index (χ0n) is 10.2. The maximum atomic E-state index is 12.4. The quantitative estimate of drug-likeness (QED) is 0.815. The van der Waals surface area contributed by atoms with Crippen LogP contribution in [-0.2, 0) is 10.3 Å². The average molecular weight is 245 g/mol. The van der Waals surface area contributed by atoms with E-state index in [9.17, 15) is 9.59 Å². The van der Waals surface area contributed by atoms with Crippen molar-refractivity contribution in [2.24, 2.45) is 5.92 Å². The number of imide groups is 1. The van der Waals surface area contributed by atoms with Gasteiger partial charge in [-0.25, -0.2) is 4.79 Å². The van der Waals surface area contributed by atoms with E-state index in [1.165, 1.54) is 4.90 Å². The third kappa shape index (κ3) is 1.66. The molecule has 1 saturated heterocycles. The van der Waals surface area contributed by atoms with Gasteiger partial charge in [0.15, 0.2) is 0 Å². The average Bonchev–Trinajstić information content (AvgIpc) is 3.16. The summed E-state index contributed by atoms with van der Waals surface area (Å²) in [4.78, 5) is 29.6. The van der Waals surface area contributed by atoms with Gasteiger partial charge in [-0.1, -0.05) is 0 Å². The van der Waals surface area contributed by atoms with Crippen molar-refractivity contribution in [3.05, 3.63) is 30.1 Å². The highest BCUT2D eigenvalue weighted by Crippen LogP contribution is 2.34. The van der Waals surface area contributed by atoms with Crippen LogP contribution in [0.5, 0.6) is 0 Å². The van der Waals surface area contributed by atoms with Gasteiger partial charge in [-0.3, -0.25) is 14.7 Å². The van der Waals surface area contributed by atoms with Gasteiger partial charge >= 0.3 is 6.03 Å². The van der Waals surface area contributed by atoms with Gasteiger partial charge < -0.3 is 5.32 Å². The summed E-state index contributed by atoms with van der Waals surface area (Å²) in [5.74, 6) is 0.338. The summed E-state index contributed by atoms with van der Waals surface area (Å²) in [5.41, 5.74) is -0.177. The molecule has 0 radical (unpaired) electrons. The number of rotatable bonds is 3. The number of amides is 3. The minimum absolute atomic E-state index is 0.161. The van der Waals surface area contributed by atoms with Crippen molar-refractivity contribution in [2.75, 3.05) is 6.54 Å². The number of carbonyl (C=O) groups is 2. The Hall–Kier alpha value is -1.91. The molecule has 5 heteroatoms. The lowest BCUT2D eigenvalue weighted by Gasteiger charge is -2.21. The summed E-state index contributed by atoms with van der Waals surface area (Å²) in [6.07, 6.45) is 5.49. The molecule has 0 aromatic carbocycles. The first kappa shape index (κ1) is 11.2. The molecule has 1 N–H and O–H groups in total. The Morgan fingerprint density at radius 2 is 2.06 bits per heavy atom. The molecular weight excluding hydrogens is 230 g/mol. The molecule has 1 atom stereocenters. The van der Waals surface area contributed by atoms with Crippen LogP contribution < -0.4 is 5.32 Å². The second-order valence-corrected chi connectivity index (χ2v) is 5.15. The molecule has 2 aliphatic rings. The van der Waals surface area contributed by atoms with E-state index in [1.807, 2.05) is 0 Å². The Morgan fingerprint density at radius 3 is 2.67 bits per heavy atom. The van der Waals surface area contributed by atoms with E-state index in [2.05, 4.69) is 10.3 Å². The van der Waals surface area contributed by atoms with Crippen molar-refractivity contribution < 1.29 is 9.59 Å². The molecule has 1 aliphatic heterocycles. The highest BCUT2D eigenvalue weighted by Gasteiger charge is 2.49. The van der Waals surface area contributed by atoms with Crippen LogP contribution in [0.25, 0.3) is 0 Å². The van der Waals surface area contributed by atoms with Gasteiger partial charge in [0.25, 0.3) is 5.91 Å². The standard InChI is InChI=1S/C13H15N3O2/c1-13(10-4-6-14-7-5-10)11(17)16(12(18)15-13)8-9-2-3-9/h4-7,9H,2-3,8H2,1H3,(H,15,18). The first-order chi connectivity index (χ1) is 8.61. The van der Waals surface area contributed by atoms with Crippen molar-refractivity contribution in [2.45, 2.75) is 25.3 Å². The topological polar surface area (TPSA) is 62.3 Å². The molecule has 1 aromatic rings. The second-order valence-electron chi connectivity index (χ2n) is 5.15. The third-order valence-electron chi connectivity index (χ3n) is 3.67. The highest BCUT2D eigenvalue weighted by molar-refractivity contribution is 6.07. The number of urea groups is 1. The molecule has 2 heterocycles. The Kier molecular flexibility index (Phi) is 2.36. The maximum absolute atomic E-state index is 12.4. The minimum Gasteiger partial charge on any atom is -0.319 e. The number of pyridine rings is 1. The largest absolute Gasteiger partial charge is 0.325 e. The van der Waals surface area contributed by atoms with Crippen molar-refractivity contribution in [1.82, 2.24) is 15.2 Å². The van der Waals surface area contributed by atoms with E-state index in [0.717, 1.165) is 18.4 Å². The van der Waals surface area contributed by atoms with Gasteiger partial charge in [-0.15, -0.1) is 0 Å². The van der Waals surface area contributed by atoms with Crippen molar-refractivity contribution >= 4 is 11.9 Å². The lowest BCUT2D eigenvalue weighted by atomic mass is 9.93. The summed E-state index contributed by atoms with van der Waals surface area (Å²) in [6.45, 7) is 2.29. The summed E-state index contributed by atoms with van der Waals surface area (Å²) < 4.78 is 0. The van der Waals surface area contributed by atoms with Crippen LogP contribution >= 0.6 is 0 Å². The minimum atomic E-state index is -0.949.